The van der Waals surface area contributed by atoms with Crippen LogP contribution in [0.1, 0.15) is 82.1 Å². The van der Waals surface area contributed by atoms with Gasteiger partial charge in [-0.1, -0.05) is 69.3 Å². The van der Waals surface area contributed by atoms with Crippen molar-refractivity contribution in [3.8, 4) is 0 Å². The van der Waals surface area contributed by atoms with E-state index in [0.29, 0.717) is 37.2 Å². The Hall–Kier alpha value is -3.52. The topological polar surface area (TPSA) is 102 Å². The maximum Gasteiger partial charge on any atom is 0.253 e. The van der Waals surface area contributed by atoms with Crippen molar-refractivity contribution in [2.45, 2.75) is 78.7 Å². The fraction of sp³-hybridized carbons (Fsp3) is 0.429. The number of rotatable bonds is 16. The Kier molecular flexibility index (Phi) is 13.2. The zero-order valence-electron chi connectivity index (χ0n) is 25.5. The van der Waals surface area contributed by atoms with Crippen molar-refractivity contribution < 1.29 is 19.8 Å². The van der Waals surface area contributed by atoms with E-state index in [1.165, 1.54) is 5.56 Å². The summed E-state index contributed by atoms with van der Waals surface area (Å²) in [6, 6.07) is 20.5. The molecule has 0 spiro atoms. The highest BCUT2D eigenvalue weighted by Crippen LogP contribution is 2.16. The van der Waals surface area contributed by atoms with Crippen LogP contribution in [0.2, 0.25) is 0 Å². The number of amides is 2. The summed E-state index contributed by atoms with van der Waals surface area (Å²) in [5.74, 6) is -0.423. The first kappa shape index (κ1) is 33.0. The van der Waals surface area contributed by atoms with Crippen molar-refractivity contribution in [2.24, 2.45) is 0 Å². The van der Waals surface area contributed by atoms with Crippen LogP contribution in [-0.2, 0) is 26.0 Å². The summed E-state index contributed by atoms with van der Waals surface area (Å²) in [5, 5.41) is 27.3. The van der Waals surface area contributed by atoms with E-state index < -0.39 is 12.1 Å². The van der Waals surface area contributed by atoms with Crippen LogP contribution in [0.15, 0.2) is 66.7 Å². The average Bonchev–Trinajstić information content (AvgIpc) is 3.00. The molecule has 42 heavy (non-hydrogen) atoms. The minimum atomic E-state index is -0.878. The van der Waals surface area contributed by atoms with Crippen LogP contribution in [0.4, 0.5) is 0 Å². The average molecular weight is 574 g/mol. The first-order valence-corrected chi connectivity index (χ1v) is 15.1. The van der Waals surface area contributed by atoms with E-state index in [2.05, 4.69) is 35.8 Å². The van der Waals surface area contributed by atoms with Crippen LogP contribution in [0, 0.1) is 6.92 Å². The van der Waals surface area contributed by atoms with Crippen LogP contribution in [0.5, 0.6) is 0 Å². The summed E-state index contributed by atoms with van der Waals surface area (Å²) >= 11 is 0. The van der Waals surface area contributed by atoms with Crippen molar-refractivity contribution in [3.05, 3.63) is 106 Å². The Morgan fingerprint density at radius 3 is 2.12 bits per heavy atom. The highest BCUT2D eigenvalue weighted by atomic mass is 16.3. The van der Waals surface area contributed by atoms with Gasteiger partial charge in [0.25, 0.3) is 11.8 Å². The first-order valence-electron chi connectivity index (χ1n) is 15.1. The van der Waals surface area contributed by atoms with E-state index in [1.54, 1.807) is 12.1 Å². The second-order valence-electron chi connectivity index (χ2n) is 11.0. The van der Waals surface area contributed by atoms with Crippen molar-refractivity contribution >= 4 is 11.8 Å². The number of hydrogen-bond donors (Lipinski definition) is 4. The van der Waals surface area contributed by atoms with E-state index in [4.69, 9.17) is 0 Å². The number of nitrogens with one attached hydrogen (secondary N) is 2. The molecule has 226 valence electrons. The van der Waals surface area contributed by atoms with Gasteiger partial charge >= 0.3 is 0 Å². The van der Waals surface area contributed by atoms with E-state index in [-0.39, 0.29) is 25.0 Å². The molecule has 0 aromatic heterocycles. The molecular weight excluding hydrogens is 526 g/mol. The lowest BCUT2D eigenvalue weighted by Gasteiger charge is -2.26. The molecule has 0 aliphatic carbocycles. The van der Waals surface area contributed by atoms with Gasteiger partial charge in [-0.25, -0.2) is 0 Å². The van der Waals surface area contributed by atoms with Crippen molar-refractivity contribution in [3.63, 3.8) is 0 Å². The van der Waals surface area contributed by atoms with Gasteiger partial charge in [-0.2, -0.15) is 0 Å². The largest absolute Gasteiger partial charge is 0.392 e. The van der Waals surface area contributed by atoms with E-state index in [0.717, 1.165) is 41.5 Å². The molecule has 0 bridgehead atoms. The summed E-state index contributed by atoms with van der Waals surface area (Å²) in [5.41, 5.74) is 5.76. The normalized spacial score (nSPS) is 12.5. The van der Waals surface area contributed by atoms with Crippen LogP contribution in [-0.4, -0.2) is 58.7 Å². The quantitative estimate of drug-likeness (QED) is 0.197. The summed E-state index contributed by atoms with van der Waals surface area (Å²) < 4.78 is 0. The maximum atomic E-state index is 13.6. The standard InChI is InChI=1S/C35H47N3O4/c1-5-14-38(15-6-2)35(42)31-17-25(4)16-30(21-31)34(41)37-32(20-27-11-9-13-29(19-27)24-39)33(40)23-36-22-28-12-8-10-26(7-3)18-28/h8-13,16-19,21,32-33,36,39-40H,5-7,14-15,20,22-24H2,1-4H3,(H,37,41)/t32-,33+/m0/s1. The third kappa shape index (κ3) is 9.79. The lowest BCUT2D eigenvalue weighted by Crippen LogP contribution is -2.48. The Labute approximate surface area is 251 Å². The fourth-order valence-corrected chi connectivity index (χ4v) is 5.19. The van der Waals surface area contributed by atoms with Crippen molar-refractivity contribution in [1.82, 2.24) is 15.5 Å². The highest BCUT2D eigenvalue weighted by Gasteiger charge is 2.24. The van der Waals surface area contributed by atoms with Gasteiger partial charge < -0.3 is 25.7 Å². The van der Waals surface area contributed by atoms with Crippen LogP contribution >= 0.6 is 0 Å². The number of aryl methyl sites for hydroxylation is 2. The molecule has 0 radical (unpaired) electrons. The lowest BCUT2D eigenvalue weighted by atomic mass is 9.98. The first-order chi connectivity index (χ1) is 20.3. The molecular formula is C35H47N3O4. The molecule has 0 saturated carbocycles. The number of carbonyl (C=O) groups is 2. The second-order valence-corrected chi connectivity index (χ2v) is 11.0. The minimum Gasteiger partial charge on any atom is -0.392 e. The molecule has 2 atom stereocenters. The van der Waals surface area contributed by atoms with Crippen molar-refractivity contribution in [1.29, 1.82) is 0 Å². The Morgan fingerprint density at radius 1 is 0.833 bits per heavy atom. The molecule has 0 aliphatic rings. The highest BCUT2D eigenvalue weighted by molar-refractivity contribution is 6.00. The molecule has 2 amide bonds. The van der Waals surface area contributed by atoms with Crippen molar-refractivity contribution in [2.75, 3.05) is 19.6 Å². The SMILES string of the molecule is CCCN(CCC)C(=O)c1cc(C)cc(C(=O)N[C@@H](Cc2cccc(CO)c2)[C@H](O)CNCc2cccc(CC)c2)c1. The zero-order valence-corrected chi connectivity index (χ0v) is 25.5. The van der Waals surface area contributed by atoms with Gasteiger partial charge in [0, 0.05) is 37.3 Å². The van der Waals surface area contributed by atoms with Gasteiger partial charge in [-0.15, -0.1) is 0 Å². The number of aliphatic hydroxyl groups is 2. The zero-order chi connectivity index (χ0) is 30.5. The molecule has 7 heteroatoms. The Balaban J connectivity index is 1.79. The summed E-state index contributed by atoms with van der Waals surface area (Å²) in [6.45, 7) is 10.2. The third-order valence-electron chi connectivity index (χ3n) is 7.35. The molecule has 4 N–H and O–H groups in total. The molecule has 0 aliphatic heterocycles. The predicted molar refractivity (Wildman–Crippen MR) is 169 cm³/mol. The van der Waals surface area contributed by atoms with Gasteiger partial charge in [-0.05, 0) is 78.6 Å². The number of nitrogens with zero attached hydrogens (tertiary/aromatic N) is 1. The Bertz CT molecular complexity index is 1300. The fourth-order valence-electron chi connectivity index (χ4n) is 5.19. The summed E-state index contributed by atoms with van der Waals surface area (Å²) in [6.07, 6.45) is 2.18. The minimum absolute atomic E-state index is 0.0785. The molecule has 0 saturated heterocycles. The lowest BCUT2D eigenvalue weighted by molar-refractivity contribution is 0.0755. The predicted octanol–water partition coefficient (Wildman–Crippen LogP) is 4.80. The van der Waals surface area contributed by atoms with Crippen LogP contribution < -0.4 is 10.6 Å². The molecule has 0 heterocycles. The van der Waals surface area contributed by atoms with Gasteiger partial charge in [0.2, 0.25) is 0 Å². The molecule has 0 unspecified atom stereocenters. The second kappa shape index (κ2) is 16.8. The van der Waals surface area contributed by atoms with Gasteiger partial charge in [0.15, 0.2) is 0 Å². The summed E-state index contributed by atoms with van der Waals surface area (Å²) in [7, 11) is 0. The molecule has 3 rings (SSSR count). The van der Waals surface area contributed by atoms with E-state index >= 15 is 0 Å². The summed E-state index contributed by atoms with van der Waals surface area (Å²) in [4.78, 5) is 28.7. The number of benzene rings is 3. The molecule has 0 fully saturated rings. The molecule has 3 aromatic rings. The van der Waals surface area contributed by atoms with Crippen LogP contribution in [0.25, 0.3) is 0 Å². The number of aliphatic hydroxyl groups excluding tert-OH is 2. The third-order valence-corrected chi connectivity index (χ3v) is 7.35. The van der Waals surface area contributed by atoms with E-state index in [9.17, 15) is 19.8 Å². The van der Waals surface area contributed by atoms with Gasteiger partial charge in [-0.3, -0.25) is 9.59 Å². The van der Waals surface area contributed by atoms with E-state index in [1.807, 2.05) is 62.1 Å². The smallest absolute Gasteiger partial charge is 0.253 e. The molecule has 7 nitrogen and oxygen atoms in total. The number of hydrogen-bond acceptors (Lipinski definition) is 5. The molecule has 3 aromatic carbocycles. The van der Waals surface area contributed by atoms with Gasteiger partial charge in [0.05, 0.1) is 18.8 Å². The van der Waals surface area contributed by atoms with Gasteiger partial charge in [0.1, 0.15) is 0 Å². The monoisotopic (exact) mass is 573 g/mol. The Morgan fingerprint density at radius 2 is 1.45 bits per heavy atom. The van der Waals surface area contributed by atoms with Crippen LogP contribution in [0.3, 0.4) is 0 Å². The maximum absolute atomic E-state index is 13.6. The number of carbonyl (C=O) groups excluding carboxylic acids is 2.